The predicted molar refractivity (Wildman–Crippen MR) is 144 cm³/mol. The lowest BCUT2D eigenvalue weighted by molar-refractivity contribution is -0.115. The summed E-state index contributed by atoms with van der Waals surface area (Å²) in [5, 5.41) is 11.3. The highest BCUT2D eigenvalue weighted by molar-refractivity contribution is 6.38. The second-order valence-corrected chi connectivity index (χ2v) is 9.99. The van der Waals surface area contributed by atoms with Crippen molar-refractivity contribution >= 4 is 33.7 Å². The summed E-state index contributed by atoms with van der Waals surface area (Å²) in [7, 11) is 11.9. The van der Waals surface area contributed by atoms with Crippen LogP contribution in [0, 0.1) is 11.6 Å². The van der Waals surface area contributed by atoms with Gasteiger partial charge in [0.2, 0.25) is 6.41 Å². The summed E-state index contributed by atoms with van der Waals surface area (Å²) in [6.45, 7) is 8.06. The molecule has 2 N–H and O–H groups in total. The first-order valence-electron chi connectivity index (χ1n) is 11.7. The van der Waals surface area contributed by atoms with Gasteiger partial charge in [0.05, 0.1) is 34.1 Å². The van der Waals surface area contributed by atoms with Crippen molar-refractivity contribution in [3.63, 3.8) is 0 Å². The van der Waals surface area contributed by atoms with E-state index in [9.17, 15) is 18.7 Å². The molecule has 1 aliphatic heterocycles. The number of aliphatic hydroxyl groups is 1. The zero-order valence-corrected chi connectivity index (χ0v) is 22.8. The van der Waals surface area contributed by atoms with Crippen molar-refractivity contribution in [2.24, 2.45) is 0 Å². The molecule has 2 aromatic rings. The third-order valence-electron chi connectivity index (χ3n) is 5.63. The minimum atomic E-state index is -2.31. The van der Waals surface area contributed by atoms with Crippen molar-refractivity contribution in [2.75, 3.05) is 0 Å². The van der Waals surface area contributed by atoms with Gasteiger partial charge in [0.1, 0.15) is 44.4 Å². The topological polar surface area (TPSA) is 100 Å². The maximum Gasteiger partial charge on any atom is 0.218 e. The Labute approximate surface area is 233 Å². The van der Waals surface area contributed by atoms with E-state index >= 15 is 0 Å². The van der Waals surface area contributed by atoms with Crippen LogP contribution in [0.5, 0.6) is 0 Å². The summed E-state index contributed by atoms with van der Waals surface area (Å²) in [4.78, 5) is 25.8. The SMILES string of the molecule is [B]C([B])(OC(/C=C(/C)N(C=O)C1=C[C@H](c2ccnc(C(C)(C)O)n2)NC=C1C)=C(/C)Cl)c1ncc(F)cc1F. The number of hydrogen-bond donors (Lipinski definition) is 2. The molecule has 0 saturated heterocycles. The van der Waals surface area contributed by atoms with Crippen molar-refractivity contribution < 1.29 is 23.4 Å². The molecule has 0 aromatic carbocycles. The van der Waals surface area contributed by atoms with Crippen molar-refractivity contribution in [3.05, 3.63) is 99.5 Å². The maximum atomic E-state index is 14.3. The first-order chi connectivity index (χ1) is 18.1. The minimum Gasteiger partial charge on any atom is -0.500 e. The normalized spacial score (nSPS) is 16.9. The Morgan fingerprint density at radius 3 is 2.56 bits per heavy atom. The third-order valence-corrected chi connectivity index (χ3v) is 5.82. The van der Waals surface area contributed by atoms with Crippen LogP contribution in [0.2, 0.25) is 0 Å². The van der Waals surface area contributed by atoms with Gasteiger partial charge >= 0.3 is 0 Å². The van der Waals surface area contributed by atoms with Crippen LogP contribution >= 0.6 is 11.6 Å². The highest BCUT2D eigenvalue weighted by atomic mass is 35.5. The number of nitrogens with one attached hydrogen (secondary N) is 1. The van der Waals surface area contributed by atoms with Gasteiger partial charge in [-0.3, -0.25) is 14.7 Å². The van der Waals surface area contributed by atoms with Gasteiger partial charge in [-0.15, -0.1) is 0 Å². The van der Waals surface area contributed by atoms with Gasteiger partial charge in [-0.2, -0.15) is 0 Å². The van der Waals surface area contributed by atoms with Crippen LogP contribution in [-0.4, -0.2) is 47.1 Å². The van der Waals surface area contributed by atoms with Crippen molar-refractivity contribution in [1.29, 1.82) is 0 Å². The van der Waals surface area contributed by atoms with Gasteiger partial charge in [-0.1, -0.05) is 11.6 Å². The Kier molecular flexibility index (Phi) is 9.02. The maximum absolute atomic E-state index is 14.3. The second-order valence-electron chi connectivity index (χ2n) is 9.43. The fourth-order valence-corrected chi connectivity index (χ4v) is 3.72. The van der Waals surface area contributed by atoms with Crippen LogP contribution in [0.3, 0.4) is 0 Å². The molecule has 0 saturated carbocycles. The Morgan fingerprint density at radius 2 is 1.97 bits per heavy atom. The molecule has 4 radical (unpaired) electrons. The fourth-order valence-electron chi connectivity index (χ4n) is 3.63. The first kappa shape index (κ1) is 30.0. The largest absolute Gasteiger partial charge is 0.500 e. The molecule has 13 heteroatoms. The number of rotatable bonds is 9. The number of dihydropyridines is 1. The summed E-state index contributed by atoms with van der Waals surface area (Å²) in [5.74, 6) is -1.85. The lowest BCUT2D eigenvalue weighted by atomic mass is 9.62. The molecule has 2 aromatic heterocycles. The van der Waals surface area contributed by atoms with Crippen molar-refractivity contribution in [2.45, 2.75) is 51.7 Å². The zero-order valence-electron chi connectivity index (χ0n) is 22.0. The van der Waals surface area contributed by atoms with Gasteiger partial charge in [0, 0.05) is 30.2 Å². The van der Waals surface area contributed by atoms with Crippen LogP contribution in [0.15, 0.2) is 70.6 Å². The van der Waals surface area contributed by atoms with Crippen LogP contribution in [-0.2, 0) is 20.5 Å². The van der Waals surface area contributed by atoms with E-state index in [4.69, 9.17) is 32.0 Å². The van der Waals surface area contributed by atoms with Gasteiger partial charge < -0.3 is 15.2 Å². The quantitative estimate of drug-likeness (QED) is 0.212. The van der Waals surface area contributed by atoms with Crippen molar-refractivity contribution in [3.8, 4) is 0 Å². The molecule has 1 amide bonds. The zero-order chi connectivity index (χ0) is 29.1. The number of halogens is 3. The second kappa shape index (κ2) is 11.7. The standard InChI is InChI=1S/C26H26B2ClF2N5O3/c1-14-11-33-20(19-6-7-32-24(35-19)25(4,5)38)10-21(14)36(13-37)15(2)8-22(16(3)29)39-26(27,28)23-18(31)9-17(30)12-34-23/h6-13,20,33,38H,1-5H3/b15-8-,22-16-/t20-/m1/s1. The fraction of sp³-hybridized carbons (Fsp3) is 0.308. The van der Waals surface area contributed by atoms with Crippen LogP contribution in [0.25, 0.3) is 0 Å². The van der Waals surface area contributed by atoms with E-state index in [1.807, 2.05) is 0 Å². The summed E-state index contributed by atoms with van der Waals surface area (Å²) in [6, 6.07) is 1.82. The van der Waals surface area contributed by atoms with Gasteiger partial charge in [0.25, 0.3) is 0 Å². The average Bonchev–Trinajstić information content (AvgIpc) is 2.84. The monoisotopic (exact) mass is 551 g/mol. The predicted octanol–water partition coefficient (Wildman–Crippen LogP) is 3.81. The molecule has 3 rings (SSSR count). The molecule has 1 atom stereocenters. The van der Waals surface area contributed by atoms with E-state index in [1.54, 1.807) is 52.2 Å². The number of hydrogen-bond acceptors (Lipinski definition) is 7. The number of ether oxygens (including phenoxy) is 1. The first-order valence-corrected chi connectivity index (χ1v) is 12.1. The molecule has 0 bridgehead atoms. The van der Waals surface area contributed by atoms with Crippen LogP contribution in [0.4, 0.5) is 8.78 Å². The summed E-state index contributed by atoms with van der Waals surface area (Å²) >= 11 is 6.21. The number of allylic oxidation sites excluding steroid dienone is 4. The smallest absolute Gasteiger partial charge is 0.218 e. The van der Waals surface area contributed by atoms with E-state index in [0.717, 1.165) is 11.8 Å². The number of aromatic nitrogens is 3. The average molecular weight is 552 g/mol. The molecule has 0 aliphatic carbocycles. The Hall–Kier alpha value is -3.50. The number of carbonyl (C=O) groups is 1. The Balaban J connectivity index is 1.95. The van der Waals surface area contributed by atoms with Gasteiger partial charge in [-0.25, -0.2) is 18.7 Å². The summed E-state index contributed by atoms with van der Waals surface area (Å²) in [6.07, 6.45) is 7.79. The minimum absolute atomic E-state index is 0.0742. The Bertz CT molecular complexity index is 1390. The van der Waals surface area contributed by atoms with E-state index in [2.05, 4.69) is 20.3 Å². The third kappa shape index (κ3) is 7.13. The number of pyridine rings is 1. The van der Waals surface area contributed by atoms with Crippen molar-refractivity contribution in [1.82, 2.24) is 25.2 Å². The summed E-state index contributed by atoms with van der Waals surface area (Å²) in [5.41, 5.74) is 0.379. The van der Waals surface area contributed by atoms with E-state index in [0.29, 0.717) is 29.6 Å². The lowest BCUT2D eigenvalue weighted by Crippen LogP contribution is -2.33. The van der Waals surface area contributed by atoms with E-state index in [-0.39, 0.29) is 16.6 Å². The van der Waals surface area contributed by atoms with Crippen LogP contribution < -0.4 is 5.32 Å². The lowest BCUT2D eigenvalue weighted by Gasteiger charge is -2.31. The highest BCUT2D eigenvalue weighted by Crippen LogP contribution is 2.30. The van der Waals surface area contributed by atoms with Gasteiger partial charge in [-0.05, 0) is 52.3 Å². The molecule has 0 spiro atoms. The number of nitrogens with zero attached hydrogens (tertiary/aromatic N) is 4. The Morgan fingerprint density at radius 1 is 1.28 bits per heavy atom. The molecular formula is C26H26B2ClF2N5O3. The summed E-state index contributed by atoms with van der Waals surface area (Å²) < 4.78 is 33.2. The molecule has 0 unspecified atom stereocenters. The molecule has 1 aliphatic rings. The van der Waals surface area contributed by atoms with Crippen LogP contribution in [0.1, 0.15) is 57.9 Å². The molecular weight excluding hydrogens is 525 g/mol. The number of carbonyl (C=O) groups excluding carboxylic acids is 1. The molecule has 0 fully saturated rings. The van der Waals surface area contributed by atoms with E-state index in [1.165, 1.54) is 17.9 Å². The molecule has 200 valence electrons. The van der Waals surface area contributed by atoms with Gasteiger partial charge in [0.15, 0.2) is 5.82 Å². The van der Waals surface area contributed by atoms with E-state index < -0.39 is 34.4 Å². The molecule has 3 heterocycles. The molecule has 8 nitrogen and oxygen atoms in total. The highest BCUT2D eigenvalue weighted by Gasteiger charge is 2.29. The molecule has 39 heavy (non-hydrogen) atoms. The number of amides is 1.